The number of anilines is 1. The molecule has 2 aromatic carbocycles. The minimum Gasteiger partial charge on any atom is -0.450 e. The highest BCUT2D eigenvalue weighted by Crippen LogP contribution is 2.21. The molecule has 0 radical (unpaired) electrons. The topological polar surface area (TPSA) is 96.0 Å². The van der Waals surface area contributed by atoms with Gasteiger partial charge in [-0.1, -0.05) is 42.5 Å². The molecule has 8 nitrogen and oxygen atoms in total. The first-order chi connectivity index (χ1) is 14.4. The Hall–Kier alpha value is -3.07. The third kappa shape index (κ3) is 5.50. The van der Waals surface area contributed by atoms with Crippen LogP contribution in [0.4, 0.5) is 10.5 Å². The van der Waals surface area contributed by atoms with E-state index in [0.29, 0.717) is 38.3 Å². The third-order valence-corrected chi connectivity index (χ3v) is 5.96. The first-order valence-electron chi connectivity index (χ1n) is 9.74. The second-order valence-corrected chi connectivity index (χ2v) is 8.59. The number of hydrogen-bond donors (Lipinski definition) is 1. The van der Waals surface area contributed by atoms with Gasteiger partial charge in [0.1, 0.15) is 0 Å². The molecule has 1 aliphatic rings. The van der Waals surface area contributed by atoms with E-state index in [1.807, 2.05) is 6.07 Å². The largest absolute Gasteiger partial charge is 0.450 e. The normalized spacial score (nSPS) is 14.3. The Bertz CT molecular complexity index is 987. The molecule has 1 aliphatic heterocycles. The van der Waals surface area contributed by atoms with Crippen LogP contribution in [0.5, 0.6) is 0 Å². The second-order valence-electron chi connectivity index (χ2n) is 6.87. The molecule has 1 heterocycles. The van der Waals surface area contributed by atoms with Gasteiger partial charge in [0.25, 0.3) is 5.91 Å². The molecule has 3 rings (SSSR count). The van der Waals surface area contributed by atoms with Crippen molar-refractivity contribution in [2.24, 2.45) is 0 Å². The van der Waals surface area contributed by atoms with Gasteiger partial charge in [-0.2, -0.15) is 0 Å². The minimum atomic E-state index is -3.69. The SMILES string of the molecule is CCOC(=O)N1CCN(C(=O)c2ccccc2NS(=O)(=O)Cc2ccccc2)CC1. The fourth-order valence-electron chi connectivity index (χ4n) is 3.23. The zero-order valence-corrected chi connectivity index (χ0v) is 17.6. The van der Waals surface area contributed by atoms with Crippen LogP contribution in [0.3, 0.4) is 0 Å². The Balaban J connectivity index is 1.69. The van der Waals surface area contributed by atoms with Gasteiger partial charge in [-0.3, -0.25) is 9.52 Å². The molecule has 0 unspecified atom stereocenters. The van der Waals surface area contributed by atoms with E-state index < -0.39 is 16.1 Å². The highest BCUT2D eigenvalue weighted by molar-refractivity contribution is 7.91. The number of rotatable bonds is 6. The van der Waals surface area contributed by atoms with E-state index in [-0.39, 0.29) is 22.9 Å². The Morgan fingerprint density at radius 1 is 0.933 bits per heavy atom. The van der Waals surface area contributed by atoms with E-state index in [2.05, 4.69) is 4.72 Å². The average molecular weight is 432 g/mol. The Morgan fingerprint density at radius 3 is 2.20 bits per heavy atom. The predicted octanol–water partition coefficient (Wildman–Crippen LogP) is 2.54. The maximum Gasteiger partial charge on any atom is 0.409 e. The fourth-order valence-corrected chi connectivity index (χ4v) is 4.45. The molecule has 1 N–H and O–H groups in total. The summed E-state index contributed by atoms with van der Waals surface area (Å²) in [4.78, 5) is 28.0. The van der Waals surface area contributed by atoms with Gasteiger partial charge in [-0.05, 0) is 24.6 Å². The van der Waals surface area contributed by atoms with Gasteiger partial charge in [-0.25, -0.2) is 13.2 Å². The van der Waals surface area contributed by atoms with Crippen molar-refractivity contribution in [3.8, 4) is 0 Å². The van der Waals surface area contributed by atoms with Crippen LogP contribution in [0.2, 0.25) is 0 Å². The van der Waals surface area contributed by atoms with Crippen molar-refractivity contribution in [1.82, 2.24) is 9.80 Å². The summed E-state index contributed by atoms with van der Waals surface area (Å²) in [6.07, 6.45) is -0.390. The van der Waals surface area contributed by atoms with Gasteiger partial charge in [-0.15, -0.1) is 0 Å². The molecule has 2 amide bonds. The molecule has 0 atom stereocenters. The van der Waals surface area contributed by atoms with Crippen molar-refractivity contribution >= 4 is 27.7 Å². The fraction of sp³-hybridized carbons (Fsp3) is 0.333. The Morgan fingerprint density at radius 2 is 1.53 bits per heavy atom. The predicted molar refractivity (Wildman–Crippen MR) is 114 cm³/mol. The van der Waals surface area contributed by atoms with Crippen molar-refractivity contribution in [3.05, 3.63) is 65.7 Å². The van der Waals surface area contributed by atoms with Crippen LogP contribution in [0.15, 0.2) is 54.6 Å². The van der Waals surface area contributed by atoms with Gasteiger partial charge < -0.3 is 14.5 Å². The number of para-hydroxylation sites is 1. The van der Waals surface area contributed by atoms with E-state index in [0.717, 1.165) is 0 Å². The van der Waals surface area contributed by atoms with E-state index in [4.69, 9.17) is 4.74 Å². The molecule has 1 fully saturated rings. The first kappa shape index (κ1) is 21.6. The summed E-state index contributed by atoms with van der Waals surface area (Å²) in [5.74, 6) is -0.467. The van der Waals surface area contributed by atoms with Gasteiger partial charge in [0, 0.05) is 26.2 Å². The zero-order valence-electron chi connectivity index (χ0n) is 16.8. The number of piperazine rings is 1. The van der Waals surface area contributed by atoms with E-state index in [9.17, 15) is 18.0 Å². The molecule has 0 aliphatic carbocycles. The number of sulfonamides is 1. The first-order valence-corrected chi connectivity index (χ1v) is 11.4. The number of hydrogen-bond acceptors (Lipinski definition) is 5. The lowest BCUT2D eigenvalue weighted by Crippen LogP contribution is -2.50. The van der Waals surface area contributed by atoms with Gasteiger partial charge >= 0.3 is 6.09 Å². The summed E-state index contributed by atoms with van der Waals surface area (Å²) < 4.78 is 32.7. The van der Waals surface area contributed by atoms with Crippen LogP contribution < -0.4 is 4.72 Å². The molecule has 2 aromatic rings. The van der Waals surface area contributed by atoms with Gasteiger partial charge in [0.2, 0.25) is 10.0 Å². The van der Waals surface area contributed by atoms with Crippen LogP contribution >= 0.6 is 0 Å². The summed E-state index contributed by atoms with van der Waals surface area (Å²) >= 11 is 0. The van der Waals surface area contributed by atoms with Crippen molar-refractivity contribution in [2.45, 2.75) is 12.7 Å². The summed E-state index contributed by atoms with van der Waals surface area (Å²) in [6.45, 7) is 3.48. The maximum absolute atomic E-state index is 13.0. The summed E-state index contributed by atoms with van der Waals surface area (Å²) in [7, 11) is -3.69. The van der Waals surface area contributed by atoms with Crippen molar-refractivity contribution < 1.29 is 22.7 Å². The molecule has 0 spiro atoms. The van der Waals surface area contributed by atoms with E-state index in [1.54, 1.807) is 65.3 Å². The number of carbonyl (C=O) groups is 2. The molecular formula is C21H25N3O5S. The summed E-state index contributed by atoms with van der Waals surface area (Å²) in [5.41, 5.74) is 1.17. The second kappa shape index (κ2) is 9.62. The van der Waals surface area contributed by atoms with Crippen LogP contribution in [-0.4, -0.2) is 63.0 Å². The molecule has 0 bridgehead atoms. The average Bonchev–Trinajstić information content (AvgIpc) is 2.74. The zero-order chi connectivity index (χ0) is 21.6. The van der Waals surface area contributed by atoms with Gasteiger partial charge in [0.15, 0.2) is 0 Å². The molecular weight excluding hydrogens is 406 g/mol. The van der Waals surface area contributed by atoms with E-state index in [1.165, 1.54) is 0 Å². The number of ether oxygens (including phenoxy) is 1. The molecule has 1 saturated heterocycles. The molecule has 0 aromatic heterocycles. The summed E-state index contributed by atoms with van der Waals surface area (Å²) in [6, 6.07) is 15.4. The van der Waals surface area contributed by atoms with Crippen LogP contribution in [-0.2, 0) is 20.5 Å². The maximum atomic E-state index is 13.0. The number of nitrogens with one attached hydrogen (secondary N) is 1. The highest BCUT2D eigenvalue weighted by atomic mass is 32.2. The van der Waals surface area contributed by atoms with Crippen molar-refractivity contribution in [2.75, 3.05) is 37.5 Å². The highest BCUT2D eigenvalue weighted by Gasteiger charge is 2.27. The van der Waals surface area contributed by atoms with Crippen molar-refractivity contribution in [1.29, 1.82) is 0 Å². The quantitative estimate of drug-likeness (QED) is 0.758. The minimum absolute atomic E-state index is 0.186. The molecule has 0 saturated carbocycles. The Kier molecular flexibility index (Phi) is 6.94. The smallest absolute Gasteiger partial charge is 0.409 e. The number of amides is 2. The molecule has 160 valence electrons. The molecule has 30 heavy (non-hydrogen) atoms. The Labute approximate surface area is 176 Å². The standard InChI is InChI=1S/C21H25N3O5S/c1-2-29-21(26)24-14-12-23(13-15-24)20(25)18-10-6-7-11-19(18)22-30(27,28)16-17-8-4-3-5-9-17/h3-11,22H,2,12-16H2,1H3. The number of benzene rings is 2. The number of carbonyl (C=O) groups excluding carboxylic acids is 2. The third-order valence-electron chi connectivity index (χ3n) is 4.72. The van der Waals surface area contributed by atoms with E-state index >= 15 is 0 Å². The van der Waals surface area contributed by atoms with Crippen LogP contribution in [0.25, 0.3) is 0 Å². The lowest BCUT2D eigenvalue weighted by Gasteiger charge is -2.34. The van der Waals surface area contributed by atoms with Gasteiger partial charge in [0.05, 0.1) is 23.6 Å². The summed E-state index contributed by atoms with van der Waals surface area (Å²) in [5, 5.41) is 0. The number of nitrogens with zero attached hydrogens (tertiary/aromatic N) is 2. The van der Waals surface area contributed by atoms with Crippen LogP contribution in [0, 0.1) is 0 Å². The van der Waals surface area contributed by atoms with Crippen molar-refractivity contribution in [3.63, 3.8) is 0 Å². The monoisotopic (exact) mass is 431 g/mol. The van der Waals surface area contributed by atoms with Crippen LogP contribution in [0.1, 0.15) is 22.8 Å². The lowest BCUT2D eigenvalue weighted by molar-refractivity contribution is 0.0571. The lowest BCUT2D eigenvalue weighted by atomic mass is 10.1. The molecule has 9 heteroatoms.